The largest absolute Gasteiger partial charge is 0.453 e. The number of amides is 1. The van der Waals surface area contributed by atoms with Crippen LogP contribution in [0.25, 0.3) is 0 Å². The Bertz CT molecular complexity index is 577. The van der Waals surface area contributed by atoms with Crippen LogP contribution in [0.2, 0.25) is 0 Å². The number of sulfonamides is 1. The molecule has 0 atom stereocenters. The topological polar surface area (TPSA) is 84.8 Å². The fraction of sp³-hybridized carbons (Fsp3) is 0.111. The Kier molecular flexibility index (Phi) is 2.39. The van der Waals surface area contributed by atoms with Crippen LogP contribution in [0.3, 0.4) is 0 Å². The molecule has 0 unspecified atom stereocenters. The van der Waals surface area contributed by atoms with Gasteiger partial charge in [0.25, 0.3) is 10.0 Å². The molecule has 1 aromatic rings. The normalized spacial score (nSPS) is 16.2. The van der Waals surface area contributed by atoms with Crippen molar-refractivity contribution >= 4 is 22.0 Å². The van der Waals surface area contributed by atoms with E-state index in [9.17, 15) is 13.2 Å². The molecule has 0 saturated heterocycles. The number of alkyl carbamates (subject to hydrolysis) is 1. The first kappa shape index (κ1) is 10.6. The molecule has 1 aromatic carbocycles. The summed E-state index contributed by atoms with van der Waals surface area (Å²) in [6.07, 6.45) is -0.759. The van der Waals surface area contributed by atoms with E-state index in [1.165, 1.54) is 13.2 Å². The SMILES string of the molecule is COC(=O)NC1=NS(=O)(=O)c2ccccc21. The van der Waals surface area contributed by atoms with Crippen molar-refractivity contribution in [3.8, 4) is 0 Å². The number of nitrogens with one attached hydrogen (secondary N) is 1. The van der Waals surface area contributed by atoms with Crippen molar-refractivity contribution in [2.24, 2.45) is 4.40 Å². The number of amidine groups is 1. The maximum Gasteiger partial charge on any atom is 0.412 e. The van der Waals surface area contributed by atoms with E-state index in [-0.39, 0.29) is 10.7 Å². The average Bonchev–Trinajstić information content (AvgIpc) is 2.51. The summed E-state index contributed by atoms with van der Waals surface area (Å²) in [7, 11) is -2.51. The molecule has 0 spiro atoms. The van der Waals surface area contributed by atoms with Crippen LogP contribution in [0.1, 0.15) is 5.56 Å². The number of benzene rings is 1. The Labute approximate surface area is 92.0 Å². The predicted molar refractivity (Wildman–Crippen MR) is 55.7 cm³/mol. The van der Waals surface area contributed by atoms with Gasteiger partial charge in [-0.25, -0.2) is 4.79 Å². The van der Waals surface area contributed by atoms with Gasteiger partial charge in [0.05, 0.1) is 7.11 Å². The van der Waals surface area contributed by atoms with Crippen LogP contribution < -0.4 is 5.32 Å². The van der Waals surface area contributed by atoms with Crippen LogP contribution in [-0.2, 0) is 14.8 Å². The van der Waals surface area contributed by atoms with E-state index in [0.717, 1.165) is 0 Å². The summed E-state index contributed by atoms with van der Waals surface area (Å²) >= 11 is 0. The summed E-state index contributed by atoms with van der Waals surface area (Å²) in [6, 6.07) is 6.25. The van der Waals surface area contributed by atoms with Crippen LogP contribution in [0.15, 0.2) is 33.6 Å². The minimum absolute atomic E-state index is 0.0116. The Hall–Kier alpha value is -1.89. The quantitative estimate of drug-likeness (QED) is 0.715. The van der Waals surface area contributed by atoms with Crippen molar-refractivity contribution in [1.29, 1.82) is 0 Å². The van der Waals surface area contributed by atoms with Crippen LogP contribution in [-0.4, -0.2) is 27.5 Å². The fourth-order valence-electron chi connectivity index (χ4n) is 1.34. The van der Waals surface area contributed by atoms with Crippen LogP contribution in [0.4, 0.5) is 4.79 Å². The van der Waals surface area contributed by atoms with Gasteiger partial charge in [-0.05, 0) is 12.1 Å². The smallest absolute Gasteiger partial charge is 0.412 e. The highest BCUT2D eigenvalue weighted by Gasteiger charge is 2.29. The van der Waals surface area contributed by atoms with Crippen molar-refractivity contribution in [1.82, 2.24) is 5.32 Å². The lowest BCUT2D eigenvalue weighted by atomic mass is 10.2. The van der Waals surface area contributed by atoms with Gasteiger partial charge in [-0.1, -0.05) is 12.1 Å². The minimum atomic E-state index is -3.69. The van der Waals surface area contributed by atoms with Gasteiger partial charge in [0.2, 0.25) is 0 Å². The van der Waals surface area contributed by atoms with Crippen LogP contribution >= 0.6 is 0 Å². The maximum atomic E-state index is 11.6. The maximum absolute atomic E-state index is 11.6. The summed E-state index contributed by atoms with van der Waals surface area (Å²) in [5.41, 5.74) is 0.368. The number of fused-ring (bicyclic) bond motifs is 1. The number of nitrogens with zero attached hydrogens (tertiary/aromatic N) is 1. The second-order valence-electron chi connectivity index (χ2n) is 3.03. The zero-order valence-electron chi connectivity index (χ0n) is 8.30. The molecule has 1 aliphatic rings. The van der Waals surface area contributed by atoms with Gasteiger partial charge in [-0.15, -0.1) is 4.40 Å². The molecule has 1 aliphatic heterocycles. The fourth-order valence-corrected chi connectivity index (χ4v) is 2.52. The van der Waals surface area contributed by atoms with Gasteiger partial charge in [0, 0.05) is 5.56 Å². The second kappa shape index (κ2) is 3.60. The van der Waals surface area contributed by atoms with E-state index in [1.54, 1.807) is 18.2 Å². The molecule has 1 N–H and O–H groups in total. The number of hydrogen-bond acceptors (Lipinski definition) is 4. The third-order valence-electron chi connectivity index (χ3n) is 2.04. The zero-order valence-corrected chi connectivity index (χ0v) is 9.11. The first-order chi connectivity index (χ1) is 7.54. The molecule has 0 radical (unpaired) electrons. The lowest BCUT2D eigenvalue weighted by Gasteiger charge is -2.02. The molecule has 1 heterocycles. The molecule has 0 aromatic heterocycles. The molecule has 0 aliphatic carbocycles. The number of carbonyl (C=O) groups is 1. The summed E-state index contributed by atoms with van der Waals surface area (Å²) in [5, 5.41) is 2.25. The van der Waals surface area contributed by atoms with Gasteiger partial charge < -0.3 is 4.74 Å². The Morgan fingerprint density at radius 2 is 2.06 bits per heavy atom. The van der Waals surface area contributed by atoms with Gasteiger partial charge in [-0.2, -0.15) is 8.42 Å². The second-order valence-corrected chi connectivity index (χ2v) is 4.60. The number of ether oxygens (including phenoxy) is 1. The number of hydrogen-bond donors (Lipinski definition) is 1. The highest BCUT2D eigenvalue weighted by molar-refractivity contribution is 7.90. The monoisotopic (exact) mass is 240 g/mol. The molecular formula is C9H8N2O4S. The third kappa shape index (κ3) is 1.65. The molecule has 0 fully saturated rings. The van der Waals surface area contributed by atoms with Crippen LogP contribution in [0.5, 0.6) is 0 Å². The average molecular weight is 240 g/mol. The Morgan fingerprint density at radius 3 is 2.75 bits per heavy atom. The van der Waals surface area contributed by atoms with Gasteiger partial charge in [0.15, 0.2) is 5.84 Å². The van der Waals surface area contributed by atoms with E-state index < -0.39 is 16.1 Å². The lowest BCUT2D eigenvalue weighted by molar-refractivity contribution is 0.177. The molecule has 2 rings (SSSR count). The Morgan fingerprint density at radius 1 is 1.38 bits per heavy atom. The number of carbonyl (C=O) groups excluding carboxylic acids is 1. The molecule has 0 saturated carbocycles. The third-order valence-corrected chi connectivity index (χ3v) is 3.37. The van der Waals surface area contributed by atoms with E-state index in [4.69, 9.17) is 0 Å². The zero-order chi connectivity index (χ0) is 11.8. The van der Waals surface area contributed by atoms with E-state index in [0.29, 0.717) is 5.56 Å². The van der Waals surface area contributed by atoms with Crippen molar-refractivity contribution in [2.75, 3.05) is 7.11 Å². The molecule has 0 bridgehead atoms. The van der Waals surface area contributed by atoms with Crippen molar-refractivity contribution in [3.63, 3.8) is 0 Å². The first-order valence-corrected chi connectivity index (χ1v) is 5.78. The Balaban J connectivity index is 2.47. The van der Waals surface area contributed by atoms with E-state index >= 15 is 0 Å². The van der Waals surface area contributed by atoms with Crippen molar-refractivity contribution in [3.05, 3.63) is 29.8 Å². The highest BCUT2D eigenvalue weighted by Crippen LogP contribution is 2.24. The predicted octanol–water partition coefficient (Wildman–Crippen LogP) is 0.491. The molecule has 7 heteroatoms. The number of methoxy groups -OCH3 is 1. The molecule has 6 nitrogen and oxygen atoms in total. The molecule has 84 valence electrons. The van der Waals surface area contributed by atoms with Gasteiger partial charge in [-0.3, -0.25) is 5.32 Å². The summed E-state index contributed by atoms with van der Waals surface area (Å²) in [5.74, 6) is -0.0116. The number of rotatable bonds is 0. The van der Waals surface area contributed by atoms with E-state index in [2.05, 4.69) is 14.5 Å². The summed E-state index contributed by atoms with van der Waals surface area (Å²) in [4.78, 5) is 11.1. The van der Waals surface area contributed by atoms with Gasteiger partial charge in [0.1, 0.15) is 4.90 Å². The van der Waals surface area contributed by atoms with Crippen molar-refractivity contribution in [2.45, 2.75) is 4.90 Å². The standard InChI is InChI=1S/C9H8N2O4S/c1-15-9(12)10-8-6-4-2-3-5-7(6)16(13,14)11-8/h2-5H,1H3,(H,10,11,12). The van der Waals surface area contributed by atoms with Crippen LogP contribution in [0, 0.1) is 0 Å². The first-order valence-electron chi connectivity index (χ1n) is 4.34. The molecule has 16 heavy (non-hydrogen) atoms. The minimum Gasteiger partial charge on any atom is -0.453 e. The molecular weight excluding hydrogens is 232 g/mol. The lowest BCUT2D eigenvalue weighted by Crippen LogP contribution is -2.29. The summed E-state index contributed by atoms with van der Waals surface area (Å²) < 4.78 is 30.9. The van der Waals surface area contributed by atoms with Crippen molar-refractivity contribution < 1.29 is 17.9 Å². The molecule has 1 amide bonds. The van der Waals surface area contributed by atoms with Gasteiger partial charge >= 0.3 is 6.09 Å². The van der Waals surface area contributed by atoms with E-state index in [1.807, 2.05) is 0 Å². The summed E-state index contributed by atoms with van der Waals surface area (Å²) in [6.45, 7) is 0. The highest BCUT2D eigenvalue weighted by atomic mass is 32.2.